The van der Waals surface area contributed by atoms with E-state index in [1.807, 2.05) is 0 Å². The van der Waals surface area contributed by atoms with Crippen LogP contribution in [0, 0.1) is 0 Å². The number of hydrogen-bond acceptors (Lipinski definition) is 2. The first-order valence-corrected chi connectivity index (χ1v) is 4.08. The van der Waals surface area contributed by atoms with Gasteiger partial charge in [0.05, 0.1) is 11.5 Å². The van der Waals surface area contributed by atoms with Crippen LogP contribution in [0.15, 0.2) is 0 Å². The molecule has 0 aromatic rings. The van der Waals surface area contributed by atoms with Crippen molar-refractivity contribution in [3.63, 3.8) is 0 Å². The quantitative estimate of drug-likeness (QED) is 0.369. The van der Waals surface area contributed by atoms with Crippen LogP contribution in [0.5, 0.6) is 0 Å². The minimum Gasteiger partial charge on any atom is -0.302 e. The van der Waals surface area contributed by atoms with E-state index in [-0.39, 0.29) is 0 Å². The Labute approximate surface area is 63.3 Å². The second-order valence-electron chi connectivity index (χ2n) is 2.24. The number of hydrogen-bond donors (Lipinski definition) is 0. The van der Waals surface area contributed by atoms with Crippen LogP contribution in [0.4, 0.5) is 0 Å². The summed E-state index contributed by atoms with van der Waals surface area (Å²) in [5.74, 6) is 0. The standard InChI is InChI=1S/C6H10BrNO/c7-6-2-1-3-8(6)4-5-9/h5-6H,1-4H2. The second-order valence-corrected chi connectivity index (χ2v) is 3.30. The SMILES string of the molecule is O=CCN1CCCC1Br. The number of alkyl halides is 1. The monoisotopic (exact) mass is 191 g/mol. The number of carbonyl (C=O) groups excluding carboxylic acids is 1. The Bertz CT molecular complexity index is 107. The number of likely N-dealkylation sites (tertiary alicyclic amines) is 1. The van der Waals surface area contributed by atoms with E-state index in [0.29, 0.717) is 11.5 Å². The van der Waals surface area contributed by atoms with Gasteiger partial charge in [-0.15, -0.1) is 0 Å². The van der Waals surface area contributed by atoms with E-state index in [1.165, 1.54) is 12.8 Å². The van der Waals surface area contributed by atoms with Crippen molar-refractivity contribution in [1.29, 1.82) is 0 Å². The summed E-state index contributed by atoms with van der Waals surface area (Å²) in [7, 11) is 0. The molecule has 1 saturated heterocycles. The van der Waals surface area contributed by atoms with E-state index in [4.69, 9.17) is 0 Å². The first-order valence-electron chi connectivity index (χ1n) is 3.16. The van der Waals surface area contributed by atoms with Crippen molar-refractivity contribution in [1.82, 2.24) is 4.90 Å². The molecule has 0 radical (unpaired) electrons. The van der Waals surface area contributed by atoms with Crippen molar-refractivity contribution >= 4 is 22.2 Å². The zero-order valence-electron chi connectivity index (χ0n) is 5.22. The molecule has 1 heterocycles. The van der Waals surface area contributed by atoms with Gasteiger partial charge in [0.2, 0.25) is 0 Å². The minimum atomic E-state index is 0.447. The molecule has 0 aromatic carbocycles. The van der Waals surface area contributed by atoms with Crippen molar-refractivity contribution in [2.75, 3.05) is 13.1 Å². The highest BCUT2D eigenvalue weighted by atomic mass is 79.9. The predicted octanol–water partition coefficient (Wildman–Crippen LogP) is 1.00. The van der Waals surface area contributed by atoms with Gasteiger partial charge < -0.3 is 4.79 Å². The number of halogens is 1. The fourth-order valence-corrected chi connectivity index (χ4v) is 1.78. The summed E-state index contributed by atoms with van der Waals surface area (Å²) < 4.78 is 0. The lowest BCUT2D eigenvalue weighted by Gasteiger charge is -2.14. The van der Waals surface area contributed by atoms with E-state index in [2.05, 4.69) is 20.8 Å². The number of nitrogens with zero attached hydrogens (tertiary/aromatic N) is 1. The highest BCUT2D eigenvalue weighted by Crippen LogP contribution is 2.20. The highest BCUT2D eigenvalue weighted by Gasteiger charge is 2.20. The molecule has 1 aliphatic heterocycles. The number of carbonyl (C=O) groups is 1. The molecule has 0 saturated carbocycles. The largest absolute Gasteiger partial charge is 0.302 e. The smallest absolute Gasteiger partial charge is 0.134 e. The second kappa shape index (κ2) is 3.32. The molecule has 0 N–H and O–H groups in total. The molecule has 2 nitrogen and oxygen atoms in total. The van der Waals surface area contributed by atoms with Crippen LogP contribution in [0.2, 0.25) is 0 Å². The lowest BCUT2D eigenvalue weighted by atomic mass is 10.4. The average molecular weight is 192 g/mol. The fraction of sp³-hybridized carbons (Fsp3) is 0.833. The van der Waals surface area contributed by atoms with Crippen LogP contribution in [0.1, 0.15) is 12.8 Å². The molecule has 9 heavy (non-hydrogen) atoms. The van der Waals surface area contributed by atoms with Crippen LogP contribution >= 0.6 is 15.9 Å². The topological polar surface area (TPSA) is 20.3 Å². The molecule has 0 aliphatic carbocycles. The summed E-state index contributed by atoms with van der Waals surface area (Å²) in [5.41, 5.74) is 0. The average Bonchev–Trinajstić information content (AvgIpc) is 2.18. The van der Waals surface area contributed by atoms with Gasteiger partial charge in [0.15, 0.2) is 0 Å². The minimum absolute atomic E-state index is 0.447. The van der Waals surface area contributed by atoms with Gasteiger partial charge in [-0.25, -0.2) is 0 Å². The summed E-state index contributed by atoms with van der Waals surface area (Å²) in [5, 5.41) is 0. The Morgan fingerprint density at radius 3 is 3.00 bits per heavy atom. The first kappa shape index (κ1) is 7.22. The van der Waals surface area contributed by atoms with E-state index in [1.54, 1.807) is 0 Å². The molecule has 1 aliphatic rings. The molecule has 1 rings (SSSR count). The van der Waals surface area contributed by atoms with Crippen LogP contribution in [-0.2, 0) is 4.79 Å². The Morgan fingerprint density at radius 2 is 2.56 bits per heavy atom. The first-order chi connectivity index (χ1) is 4.34. The fourth-order valence-electron chi connectivity index (χ4n) is 1.09. The van der Waals surface area contributed by atoms with Gasteiger partial charge in [-0.2, -0.15) is 0 Å². The van der Waals surface area contributed by atoms with Gasteiger partial charge in [0, 0.05) is 0 Å². The van der Waals surface area contributed by atoms with E-state index >= 15 is 0 Å². The zero-order valence-corrected chi connectivity index (χ0v) is 6.80. The van der Waals surface area contributed by atoms with Crippen molar-refractivity contribution in [2.45, 2.75) is 17.8 Å². The van der Waals surface area contributed by atoms with E-state index < -0.39 is 0 Å². The molecule has 52 valence electrons. The maximum Gasteiger partial charge on any atom is 0.134 e. The van der Waals surface area contributed by atoms with Gasteiger partial charge in [-0.3, -0.25) is 4.90 Å². The molecule has 0 spiro atoms. The van der Waals surface area contributed by atoms with E-state index in [0.717, 1.165) is 12.8 Å². The summed E-state index contributed by atoms with van der Waals surface area (Å²) in [6, 6.07) is 0. The van der Waals surface area contributed by atoms with Gasteiger partial charge in [0.25, 0.3) is 0 Å². The third-order valence-electron chi connectivity index (χ3n) is 1.59. The van der Waals surface area contributed by atoms with Gasteiger partial charge >= 0.3 is 0 Å². The number of rotatable bonds is 2. The summed E-state index contributed by atoms with van der Waals surface area (Å²) in [4.78, 5) is 12.6. The van der Waals surface area contributed by atoms with Gasteiger partial charge in [0.1, 0.15) is 6.29 Å². The molecular formula is C6H10BrNO. The van der Waals surface area contributed by atoms with Crippen molar-refractivity contribution in [3.05, 3.63) is 0 Å². The zero-order chi connectivity index (χ0) is 6.69. The molecular weight excluding hydrogens is 182 g/mol. The lowest BCUT2D eigenvalue weighted by molar-refractivity contribution is -0.108. The molecule has 0 amide bonds. The Kier molecular flexibility index (Phi) is 2.66. The number of aldehydes is 1. The Balaban J connectivity index is 2.30. The molecule has 1 unspecified atom stereocenters. The summed E-state index contributed by atoms with van der Waals surface area (Å²) >= 11 is 3.47. The molecule has 1 atom stereocenters. The summed E-state index contributed by atoms with van der Waals surface area (Å²) in [6.07, 6.45) is 3.34. The van der Waals surface area contributed by atoms with Gasteiger partial charge in [-0.05, 0) is 19.4 Å². The van der Waals surface area contributed by atoms with Crippen LogP contribution in [-0.4, -0.2) is 29.2 Å². The molecule has 0 aromatic heterocycles. The predicted molar refractivity (Wildman–Crippen MR) is 39.6 cm³/mol. The third kappa shape index (κ3) is 1.76. The van der Waals surface area contributed by atoms with Crippen molar-refractivity contribution < 1.29 is 4.79 Å². The Hall–Kier alpha value is 0.110. The third-order valence-corrected chi connectivity index (χ3v) is 2.63. The lowest BCUT2D eigenvalue weighted by Crippen LogP contribution is -2.26. The van der Waals surface area contributed by atoms with Crippen LogP contribution in [0.25, 0.3) is 0 Å². The van der Waals surface area contributed by atoms with Crippen molar-refractivity contribution in [3.8, 4) is 0 Å². The maximum atomic E-state index is 10.0. The van der Waals surface area contributed by atoms with Gasteiger partial charge in [-0.1, -0.05) is 15.9 Å². The molecule has 1 fully saturated rings. The molecule has 0 bridgehead atoms. The van der Waals surface area contributed by atoms with Crippen LogP contribution in [0.3, 0.4) is 0 Å². The normalized spacial score (nSPS) is 28.8. The Morgan fingerprint density at radius 1 is 1.78 bits per heavy atom. The molecule has 3 heteroatoms. The maximum absolute atomic E-state index is 10.0. The highest BCUT2D eigenvalue weighted by molar-refractivity contribution is 9.09. The summed E-state index contributed by atoms with van der Waals surface area (Å²) in [6.45, 7) is 1.64. The van der Waals surface area contributed by atoms with Crippen LogP contribution < -0.4 is 0 Å². The van der Waals surface area contributed by atoms with E-state index in [9.17, 15) is 4.79 Å². The van der Waals surface area contributed by atoms with Crippen molar-refractivity contribution in [2.24, 2.45) is 0 Å².